The van der Waals surface area contributed by atoms with Crippen LogP contribution in [0, 0.1) is 0 Å². The van der Waals surface area contributed by atoms with Crippen LogP contribution in [0.15, 0.2) is 12.7 Å². The Balaban J connectivity index is 2.08. The third-order valence-electron chi connectivity index (χ3n) is 2.69. The van der Waals surface area contributed by atoms with E-state index in [0.29, 0.717) is 19.3 Å². The van der Waals surface area contributed by atoms with Gasteiger partial charge in [-0.05, 0) is 18.9 Å². The van der Waals surface area contributed by atoms with Gasteiger partial charge in [0.1, 0.15) is 6.10 Å². The molecule has 1 unspecified atom stereocenters. The summed E-state index contributed by atoms with van der Waals surface area (Å²) in [7, 11) is 0. The topological polar surface area (TPSA) is 42.1 Å². The first kappa shape index (κ1) is 14.2. The van der Waals surface area contributed by atoms with E-state index in [1.54, 1.807) is 0 Å². The van der Waals surface area contributed by atoms with Crippen molar-refractivity contribution in [1.82, 2.24) is 4.90 Å². The molecule has 1 aliphatic heterocycles. The van der Waals surface area contributed by atoms with Crippen LogP contribution in [0.5, 0.6) is 0 Å². The van der Waals surface area contributed by atoms with Crippen LogP contribution in [0.4, 0.5) is 0 Å². The first-order valence-electron chi connectivity index (χ1n) is 6.38. The van der Waals surface area contributed by atoms with Crippen LogP contribution in [-0.4, -0.2) is 49.8 Å². The molecule has 0 aromatic heterocycles. The Hall–Kier alpha value is -0.870. The van der Waals surface area contributed by atoms with E-state index in [4.69, 9.17) is 9.47 Å². The maximum Gasteiger partial charge on any atom is 0.245 e. The van der Waals surface area contributed by atoms with Gasteiger partial charge in [-0.2, -0.15) is 0 Å². The van der Waals surface area contributed by atoms with E-state index in [1.165, 1.54) is 6.08 Å². The van der Waals surface area contributed by atoms with Crippen molar-refractivity contribution in [3.05, 3.63) is 12.7 Å². The van der Waals surface area contributed by atoms with Gasteiger partial charge in [0.2, 0.25) is 5.91 Å². The lowest BCUT2D eigenvalue weighted by atomic mass is 10.3. The molecule has 1 saturated heterocycles. The van der Waals surface area contributed by atoms with Crippen molar-refractivity contribution in [3.8, 4) is 0 Å². The van der Waals surface area contributed by atoms with E-state index < -0.39 is 0 Å². The number of epoxide rings is 1. The van der Waals surface area contributed by atoms with E-state index in [2.05, 4.69) is 13.5 Å². The summed E-state index contributed by atoms with van der Waals surface area (Å²) in [6.45, 7) is 9.41. The zero-order valence-corrected chi connectivity index (χ0v) is 10.7. The predicted octanol–water partition coefficient (Wildman–Crippen LogP) is 1.61. The Morgan fingerprint density at radius 2 is 2.24 bits per heavy atom. The van der Waals surface area contributed by atoms with E-state index in [1.807, 2.05) is 4.90 Å². The molecule has 4 nitrogen and oxygen atoms in total. The number of nitrogens with zero attached hydrogens (tertiary/aromatic N) is 1. The highest BCUT2D eigenvalue weighted by Crippen LogP contribution is 2.08. The number of hydrogen-bond donors (Lipinski definition) is 0. The molecule has 1 atom stereocenters. The number of amides is 1. The zero-order valence-electron chi connectivity index (χ0n) is 10.7. The van der Waals surface area contributed by atoms with Crippen LogP contribution in [-0.2, 0) is 14.3 Å². The average Bonchev–Trinajstić information content (AvgIpc) is 3.15. The highest BCUT2D eigenvalue weighted by Gasteiger charge is 2.22. The van der Waals surface area contributed by atoms with Crippen molar-refractivity contribution >= 4 is 5.91 Å². The summed E-state index contributed by atoms with van der Waals surface area (Å²) >= 11 is 0. The lowest BCUT2D eigenvalue weighted by Crippen LogP contribution is -2.32. The predicted molar refractivity (Wildman–Crippen MR) is 66.9 cm³/mol. The quantitative estimate of drug-likeness (QED) is 0.331. The molecule has 4 heteroatoms. The Morgan fingerprint density at radius 1 is 1.53 bits per heavy atom. The lowest BCUT2D eigenvalue weighted by Gasteiger charge is -2.20. The van der Waals surface area contributed by atoms with Crippen molar-refractivity contribution in [1.29, 1.82) is 0 Å². The van der Waals surface area contributed by atoms with Gasteiger partial charge in [-0.15, -0.1) is 0 Å². The van der Waals surface area contributed by atoms with Crippen LogP contribution in [0.1, 0.15) is 26.2 Å². The molecular weight excluding hydrogens is 218 g/mol. The average molecular weight is 241 g/mol. The summed E-state index contributed by atoms with van der Waals surface area (Å²) in [5.41, 5.74) is 0. The van der Waals surface area contributed by atoms with Gasteiger partial charge < -0.3 is 14.4 Å². The second-order valence-electron chi connectivity index (χ2n) is 4.27. The molecule has 1 amide bonds. The molecule has 0 N–H and O–H groups in total. The standard InChI is InChI=1S/C13H23NO3/c1-3-5-7-14(13(15)4-2)8-6-9-16-10-12-11-17-12/h4,12H,2-3,5-11H2,1H3. The highest BCUT2D eigenvalue weighted by atomic mass is 16.6. The fourth-order valence-electron chi connectivity index (χ4n) is 1.55. The van der Waals surface area contributed by atoms with Crippen LogP contribution in [0.3, 0.4) is 0 Å². The Kier molecular flexibility index (Phi) is 6.89. The maximum absolute atomic E-state index is 11.5. The van der Waals surface area contributed by atoms with Gasteiger partial charge in [0.25, 0.3) is 0 Å². The van der Waals surface area contributed by atoms with Crippen LogP contribution in [0.25, 0.3) is 0 Å². The van der Waals surface area contributed by atoms with E-state index >= 15 is 0 Å². The molecule has 1 aliphatic rings. The van der Waals surface area contributed by atoms with Crippen molar-refractivity contribution in [2.45, 2.75) is 32.3 Å². The normalized spacial score (nSPS) is 17.8. The van der Waals surface area contributed by atoms with Crippen molar-refractivity contribution in [2.75, 3.05) is 32.9 Å². The number of carbonyl (C=O) groups excluding carboxylic acids is 1. The number of rotatable bonds is 10. The van der Waals surface area contributed by atoms with E-state index in [-0.39, 0.29) is 5.91 Å². The SMILES string of the molecule is C=CC(=O)N(CCCC)CCCOCC1CO1. The van der Waals surface area contributed by atoms with Gasteiger partial charge in [0.05, 0.1) is 13.2 Å². The summed E-state index contributed by atoms with van der Waals surface area (Å²) in [4.78, 5) is 13.4. The first-order valence-corrected chi connectivity index (χ1v) is 6.38. The minimum absolute atomic E-state index is 0.0176. The van der Waals surface area contributed by atoms with Gasteiger partial charge >= 0.3 is 0 Å². The van der Waals surface area contributed by atoms with Gasteiger partial charge in [0.15, 0.2) is 0 Å². The summed E-state index contributed by atoms with van der Waals surface area (Å²) in [5, 5.41) is 0. The molecule has 0 radical (unpaired) electrons. The number of carbonyl (C=O) groups is 1. The molecular formula is C13H23NO3. The molecule has 0 saturated carbocycles. The minimum Gasteiger partial charge on any atom is -0.379 e. The molecule has 0 spiro atoms. The van der Waals surface area contributed by atoms with Gasteiger partial charge in [0, 0.05) is 19.7 Å². The van der Waals surface area contributed by atoms with Gasteiger partial charge in [-0.3, -0.25) is 4.79 Å². The molecule has 0 aliphatic carbocycles. The van der Waals surface area contributed by atoms with Crippen LogP contribution < -0.4 is 0 Å². The Labute approximate surface area is 104 Å². The minimum atomic E-state index is 0.0176. The molecule has 1 rings (SSSR count). The van der Waals surface area contributed by atoms with Crippen LogP contribution >= 0.6 is 0 Å². The molecule has 0 aromatic carbocycles. The fourth-order valence-corrected chi connectivity index (χ4v) is 1.55. The third kappa shape index (κ3) is 6.44. The number of ether oxygens (including phenoxy) is 2. The van der Waals surface area contributed by atoms with Gasteiger partial charge in [-0.1, -0.05) is 19.9 Å². The van der Waals surface area contributed by atoms with Crippen molar-refractivity contribution < 1.29 is 14.3 Å². The summed E-state index contributed by atoms with van der Waals surface area (Å²) in [5.74, 6) is 0.0176. The van der Waals surface area contributed by atoms with E-state index in [0.717, 1.165) is 39.0 Å². The van der Waals surface area contributed by atoms with Crippen molar-refractivity contribution in [2.24, 2.45) is 0 Å². The highest BCUT2D eigenvalue weighted by molar-refractivity contribution is 5.86. The fraction of sp³-hybridized carbons (Fsp3) is 0.769. The van der Waals surface area contributed by atoms with Crippen LogP contribution in [0.2, 0.25) is 0 Å². The monoisotopic (exact) mass is 241 g/mol. The zero-order chi connectivity index (χ0) is 12.5. The molecule has 1 fully saturated rings. The molecule has 17 heavy (non-hydrogen) atoms. The molecule has 0 aromatic rings. The second kappa shape index (κ2) is 8.25. The smallest absolute Gasteiger partial charge is 0.245 e. The molecule has 98 valence electrons. The third-order valence-corrected chi connectivity index (χ3v) is 2.69. The Morgan fingerprint density at radius 3 is 2.82 bits per heavy atom. The summed E-state index contributed by atoms with van der Waals surface area (Å²) < 4.78 is 10.5. The molecule has 1 heterocycles. The number of hydrogen-bond acceptors (Lipinski definition) is 3. The number of unbranched alkanes of at least 4 members (excludes halogenated alkanes) is 1. The maximum atomic E-state index is 11.5. The summed E-state index contributed by atoms with van der Waals surface area (Å²) in [6, 6.07) is 0. The van der Waals surface area contributed by atoms with E-state index in [9.17, 15) is 4.79 Å². The lowest BCUT2D eigenvalue weighted by molar-refractivity contribution is -0.126. The van der Waals surface area contributed by atoms with Crippen molar-refractivity contribution in [3.63, 3.8) is 0 Å². The molecule has 0 bridgehead atoms. The summed E-state index contributed by atoms with van der Waals surface area (Å²) in [6.07, 6.45) is 4.71. The Bertz CT molecular complexity index is 239. The largest absolute Gasteiger partial charge is 0.379 e. The second-order valence-corrected chi connectivity index (χ2v) is 4.27. The first-order chi connectivity index (χ1) is 8.27. The van der Waals surface area contributed by atoms with Gasteiger partial charge in [-0.25, -0.2) is 0 Å².